The number of hydrogen-bond donors (Lipinski definition) is 0. The molecule has 0 aliphatic heterocycles. The van der Waals surface area contributed by atoms with Gasteiger partial charge in [0, 0.05) is 16.2 Å². The minimum absolute atomic E-state index is 0.252. The molecule has 0 aliphatic rings. The summed E-state index contributed by atoms with van der Waals surface area (Å²) in [7, 11) is 0. The molecule has 124 valence electrons. The Labute approximate surface area is 146 Å². The third-order valence-corrected chi connectivity index (χ3v) is 4.78. The predicted molar refractivity (Wildman–Crippen MR) is 104 cm³/mol. The van der Waals surface area contributed by atoms with E-state index in [0.717, 1.165) is 50.3 Å². The van der Waals surface area contributed by atoms with Gasteiger partial charge in [-0.2, -0.15) is 0 Å². The molecule has 0 saturated carbocycles. The van der Waals surface area contributed by atoms with Crippen LogP contribution in [0.5, 0.6) is 0 Å². The molecule has 0 unspecified atom stereocenters. The summed E-state index contributed by atoms with van der Waals surface area (Å²) >= 11 is 0. The molecule has 2 heteroatoms. The molecule has 5 aromatic rings. The fourth-order valence-corrected chi connectivity index (χ4v) is 3.81. The molecule has 0 fully saturated rings. The lowest BCUT2D eigenvalue weighted by atomic mass is 9.88. The van der Waals surface area contributed by atoms with E-state index in [4.69, 9.17) is 8.83 Å². The summed E-state index contributed by atoms with van der Waals surface area (Å²) in [6.07, 6.45) is 1.03. The first-order valence-electron chi connectivity index (χ1n) is 8.75. The molecule has 0 atom stereocenters. The molecular formula is C23H20O2. The van der Waals surface area contributed by atoms with Crippen LogP contribution in [0.1, 0.15) is 26.3 Å². The summed E-state index contributed by atoms with van der Waals surface area (Å²) in [6.45, 7) is 6.80. The Kier molecular flexibility index (Phi) is 2.85. The molecule has 0 N–H and O–H groups in total. The summed E-state index contributed by atoms with van der Waals surface area (Å²) < 4.78 is 12.3. The number of furan rings is 2. The van der Waals surface area contributed by atoms with E-state index in [2.05, 4.69) is 63.2 Å². The van der Waals surface area contributed by atoms with Gasteiger partial charge in [-0.1, -0.05) is 45.0 Å². The highest BCUT2D eigenvalue weighted by Crippen LogP contribution is 2.39. The molecule has 0 aliphatic carbocycles. The van der Waals surface area contributed by atoms with Crippen LogP contribution in [0.2, 0.25) is 0 Å². The lowest BCUT2D eigenvalue weighted by Gasteiger charge is -2.17. The number of para-hydroxylation sites is 1. The van der Waals surface area contributed by atoms with Gasteiger partial charge in [-0.15, -0.1) is 0 Å². The largest absolute Gasteiger partial charge is 0.456 e. The zero-order chi connectivity index (χ0) is 17.2. The van der Waals surface area contributed by atoms with Gasteiger partial charge in [0.2, 0.25) is 0 Å². The Balaban J connectivity index is 1.88. The highest BCUT2D eigenvalue weighted by atomic mass is 16.3. The minimum Gasteiger partial charge on any atom is -0.456 e. The average molecular weight is 328 g/mol. The molecule has 0 bridgehead atoms. The second kappa shape index (κ2) is 4.89. The summed E-state index contributed by atoms with van der Waals surface area (Å²) in [5, 5.41) is 4.52. The smallest absolute Gasteiger partial charge is 0.147 e. The maximum Gasteiger partial charge on any atom is 0.147 e. The van der Waals surface area contributed by atoms with Crippen LogP contribution in [0.15, 0.2) is 63.4 Å². The maximum atomic E-state index is 6.21. The monoisotopic (exact) mass is 328 g/mol. The predicted octanol–water partition coefficient (Wildman–Crippen LogP) is 7.07. The number of rotatable bonds is 1. The number of fused-ring (bicyclic) bond motifs is 7. The molecule has 2 heterocycles. The Morgan fingerprint density at radius 3 is 2.32 bits per heavy atom. The molecule has 2 aromatic heterocycles. The van der Waals surface area contributed by atoms with Crippen molar-refractivity contribution in [2.24, 2.45) is 5.41 Å². The van der Waals surface area contributed by atoms with E-state index >= 15 is 0 Å². The van der Waals surface area contributed by atoms with E-state index in [1.165, 1.54) is 5.56 Å². The Bertz CT molecular complexity index is 1250. The lowest BCUT2D eigenvalue weighted by Crippen LogP contribution is -2.08. The highest BCUT2D eigenvalue weighted by molar-refractivity contribution is 6.21. The van der Waals surface area contributed by atoms with Crippen LogP contribution in [0.25, 0.3) is 43.9 Å². The Morgan fingerprint density at radius 2 is 1.48 bits per heavy atom. The molecule has 0 saturated heterocycles. The Hall–Kier alpha value is -2.74. The average Bonchev–Trinajstić information content (AvgIpc) is 3.10. The quantitative estimate of drug-likeness (QED) is 0.329. The number of hydrogen-bond acceptors (Lipinski definition) is 2. The van der Waals surface area contributed by atoms with E-state index in [1.54, 1.807) is 0 Å². The van der Waals surface area contributed by atoms with Crippen molar-refractivity contribution < 1.29 is 8.83 Å². The van der Waals surface area contributed by atoms with Crippen LogP contribution in [-0.2, 0) is 6.42 Å². The van der Waals surface area contributed by atoms with Gasteiger partial charge in [-0.3, -0.25) is 0 Å². The first-order valence-corrected chi connectivity index (χ1v) is 8.75. The molecule has 2 nitrogen and oxygen atoms in total. The van der Waals surface area contributed by atoms with E-state index in [1.807, 2.05) is 12.1 Å². The van der Waals surface area contributed by atoms with E-state index in [-0.39, 0.29) is 5.41 Å². The van der Waals surface area contributed by atoms with Crippen molar-refractivity contribution in [1.29, 1.82) is 0 Å². The van der Waals surface area contributed by atoms with Crippen LogP contribution in [-0.4, -0.2) is 0 Å². The molecular weight excluding hydrogens is 308 g/mol. The van der Waals surface area contributed by atoms with Crippen molar-refractivity contribution in [3.8, 4) is 0 Å². The van der Waals surface area contributed by atoms with Gasteiger partial charge >= 0.3 is 0 Å². The molecule has 3 aromatic carbocycles. The van der Waals surface area contributed by atoms with Crippen molar-refractivity contribution in [2.45, 2.75) is 27.2 Å². The van der Waals surface area contributed by atoms with Gasteiger partial charge in [0.05, 0.1) is 5.39 Å². The molecule has 5 rings (SSSR count). The van der Waals surface area contributed by atoms with Crippen LogP contribution >= 0.6 is 0 Å². The molecule has 0 spiro atoms. The van der Waals surface area contributed by atoms with E-state index in [9.17, 15) is 0 Å². The fourth-order valence-electron chi connectivity index (χ4n) is 3.81. The van der Waals surface area contributed by atoms with Crippen molar-refractivity contribution in [3.05, 3.63) is 60.2 Å². The highest BCUT2D eigenvalue weighted by Gasteiger charge is 2.17. The fraction of sp³-hybridized carbons (Fsp3) is 0.217. The normalized spacial score (nSPS) is 12.8. The van der Waals surface area contributed by atoms with Crippen molar-refractivity contribution in [2.75, 3.05) is 0 Å². The van der Waals surface area contributed by atoms with E-state index in [0.29, 0.717) is 0 Å². The van der Waals surface area contributed by atoms with Crippen LogP contribution in [0.4, 0.5) is 0 Å². The second-order valence-corrected chi connectivity index (χ2v) is 8.08. The summed E-state index contributed by atoms with van der Waals surface area (Å²) in [6, 6.07) is 18.9. The lowest BCUT2D eigenvalue weighted by molar-refractivity contribution is 0.411. The third-order valence-electron chi connectivity index (χ3n) is 4.78. The van der Waals surface area contributed by atoms with Gasteiger partial charge in [0.15, 0.2) is 0 Å². The topological polar surface area (TPSA) is 26.3 Å². The van der Waals surface area contributed by atoms with Gasteiger partial charge in [0.1, 0.15) is 22.3 Å². The number of benzene rings is 3. The molecule has 0 radical (unpaired) electrons. The van der Waals surface area contributed by atoms with Gasteiger partial charge in [0.25, 0.3) is 0 Å². The van der Waals surface area contributed by atoms with E-state index < -0.39 is 0 Å². The molecule has 0 amide bonds. The zero-order valence-electron chi connectivity index (χ0n) is 14.7. The molecule has 25 heavy (non-hydrogen) atoms. The van der Waals surface area contributed by atoms with Gasteiger partial charge < -0.3 is 8.83 Å². The van der Waals surface area contributed by atoms with Crippen LogP contribution in [0.3, 0.4) is 0 Å². The van der Waals surface area contributed by atoms with Crippen LogP contribution < -0.4 is 0 Å². The first-order chi connectivity index (χ1) is 12.0. The zero-order valence-corrected chi connectivity index (χ0v) is 14.7. The minimum atomic E-state index is 0.252. The summed E-state index contributed by atoms with van der Waals surface area (Å²) in [5.41, 5.74) is 5.23. The second-order valence-electron chi connectivity index (χ2n) is 8.08. The van der Waals surface area contributed by atoms with Crippen molar-refractivity contribution in [1.82, 2.24) is 0 Å². The maximum absolute atomic E-state index is 6.21. The first kappa shape index (κ1) is 14.6. The SMILES string of the molecule is CC(C)(C)Cc1ccc2oc3ccc4c5ccccc5oc4c3c2c1. The van der Waals surface area contributed by atoms with Crippen molar-refractivity contribution in [3.63, 3.8) is 0 Å². The van der Waals surface area contributed by atoms with Gasteiger partial charge in [-0.05, 0) is 47.7 Å². The van der Waals surface area contributed by atoms with Gasteiger partial charge in [-0.25, -0.2) is 0 Å². The summed E-state index contributed by atoms with van der Waals surface area (Å²) in [5.74, 6) is 0. The van der Waals surface area contributed by atoms with Crippen LogP contribution in [0, 0.1) is 5.41 Å². The summed E-state index contributed by atoms with van der Waals surface area (Å²) in [4.78, 5) is 0. The standard InChI is InChI=1S/C23H20O2/c1-23(2,3)13-14-8-10-19-17(12-14)21-20(24-19)11-9-16-15-6-4-5-7-18(15)25-22(16)21/h4-12H,13H2,1-3H3. The third kappa shape index (κ3) is 2.25. The Morgan fingerprint density at radius 1 is 0.720 bits per heavy atom. The van der Waals surface area contributed by atoms with Crippen molar-refractivity contribution >= 4 is 43.9 Å².